The second-order valence-electron chi connectivity index (χ2n) is 5.88. The SMILES string of the molecule is O=C(c1ccnc(Cl)c1)N1CCc2[nH]nc(-c3cccc(F)c3)c2C1. The lowest BCUT2D eigenvalue weighted by atomic mass is 10.0. The molecule has 0 unspecified atom stereocenters. The molecule has 0 saturated carbocycles. The van der Waals surface area contributed by atoms with Crippen LogP contribution in [0.25, 0.3) is 11.3 Å². The molecule has 126 valence electrons. The van der Waals surface area contributed by atoms with Crippen molar-refractivity contribution in [3.8, 4) is 11.3 Å². The zero-order chi connectivity index (χ0) is 17.4. The Bertz CT molecular complexity index is 956. The van der Waals surface area contributed by atoms with Crippen LogP contribution in [0.3, 0.4) is 0 Å². The molecule has 3 aromatic rings. The summed E-state index contributed by atoms with van der Waals surface area (Å²) in [6.07, 6.45) is 2.18. The highest BCUT2D eigenvalue weighted by Crippen LogP contribution is 2.29. The molecule has 0 radical (unpaired) electrons. The van der Waals surface area contributed by atoms with Gasteiger partial charge in [-0.05, 0) is 24.3 Å². The van der Waals surface area contributed by atoms with Crippen LogP contribution in [-0.2, 0) is 13.0 Å². The van der Waals surface area contributed by atoms with Crippen molar-refractivity contribution in [1.29, 1.82) is 0 Å². The maximum Gasteiger partial charge on any atom is 0.254 e. The molecule has 7 heteroatoms. The van der Waals surface area contributed by atoms with E-state index in [4.69, 9.17) is 11.6 Å². The van der Waals surface area contributed by atoms with E-state index in [0.29, 0.717) is 36.3 Å². The molecular weight excluding hydrogens is 343 g/mol. The topological polar surface area (TPSA) is 61.9 Å². The van der Waals surface area contributed by atoms with E-state index >= 15 is 0 Å². The minimum Gasteiger partial charge on any atom is -0.334 e. The Morgan fingerprint density at radius 1 is 1.28 bits per heavy atom. The minimum absolute atomic E-state index is 0.110. The Balaban J connectivity index is 1.65. The fraction of sp³-hybridized carbons (Fsp3) is 0.167. The molecule has 1 aromatic carbocycles. The van der Waals surface area contributed by atoms with Gasteiger partial charge in [0.15, 0.2) is 0 Å². The molecule has 2 aromatic heterocycles. The Morgan fingerprint density at radius 2 is 2.16 bits per heavy atom. The molecule has 5 nitrogen and oxygen atoms in total. The first-order chi connectivity index (χ1) is 12.1. The van der Waals surface area contributed by atoms with Crippen molar-refractivity contribution in [2.45, 2.75) is 13.0 Å². The van der Waals surface area contributed by atoms with Crippen LogP contribution in [0.2, 0.25) is 5.15 Å². The van der Waals surface area contributed by atoms with Crippen molar-refractivity contribution in [2.75, 3.05) is 6.54 Å². The molecule has 1 aliphatic heterocycles. The van der Waals surface area contributed by atoms with E-state index in [0.717, 1.165) is 11.3 Å². The minimum atomic E-state index is -0.315. The maximum atomic E-state index is 13.5. The van der Waals surface area contributed by atoms with Crippen LogP contribution in [0.1, 0.15) is 21.6 Å². The molecule has 1 N–H and O–H groups in total. The van der Waals surface area contributed by atoms with E-state index in [1.54, 1.807) is 23.1 Å². The van der Waals surface area contributed by atoms with E-state index in [1.165, 1.54) is 18.3 Å². The number of carbonyl (C=O) groups is 1. The monoisotopic (exact) mass is 356 g/mol. The van der Waals surface area contributed by atoms with Crippen molar-refractivity contribution < 1.29 is 9.18 Å². The number of nitrogens with one attached hydrogen (secondary N) is 1. The molecule has 0 spiro atoms. The quantitative estimate of drug-likeness (QED) is 0.715. The molecule has 1 aliphatic rings. The number of H-pyrrole nitrogens is 1. The van der Waals surface area contributed by atoms with Gasteiger partial charge in [-0.2, -0.15) is 5.10 Å². The van der Waals surface area contributed by atoms with Crippen LogP contribution >= 0.6 is 11.6 Å². The van der Waals surface area contributed by atoms with E-state index in [9.17, 15) is 9.18 Å². The number of rotatable bonds is 2. The van der Waals surface area contributed by atoms with Crippen molar-refractivity contribution in [3.63, 3.8) is 0 Å². The summed E-state index contributed by atoms with van der Waals surface area (Å²) in [5, 5.41) is 7.62. The molecular formula is C18H14ClFN4O. The third-order valence-electron chi connectivity index (χ3n) is 4.29. The predicted octanol–water partition coefficient (Wildman–Crippen LogP) is 3.46. The highest BCUT2D eigenvalue weighted by molar-refractivity contribution is 6.29. The first-order valence-corrected chi connectivity index (χ1v) is 8.22. The number of benzene rings is 1. The van der Waals surface area contributed by atoms with Crippen molar-refractivity contribution in [1.82, 2.24) is 20.1 Å². The summed E-state index contributed by atoms with van der Waals surface area (Å²) >= 11 is 5.88. The van der Waals surface area contributed by atoms with Gasteiger partial charge in [0, 0.05) is 48.1 Å². The lowest BCUT2D eigenvalue weighted by molar-refractivity contribution is 0.0734. The van der Waals surface area contributed by atoms with Gasteiger partial charge < -0.3 is 4.90 Å². The maximum absolute atomic E-state index is 13.5. The van der Waals surface area contributed by atoms with Crippen LogP contribution in [-0.4, -0.2) is 32.5 Å². The van der Waals surface area contributed by atoms with Gasteiger partial charge in [-0.1, -0.05) is 23.7 Å². The van der Waals surface area contributed by atoms with Crippen molar-refractivity contribution in [3.05, 3.63) is 70.4 Å². The third-order valence-corrected chi connectivity index (χ3v) is 4.50. The average molecular weight is 357 g/mol. The lowest BCUT2D eigenvalue weighted by Crippen LogP contribution is -2.36. The van der Waals surface area contributed by atoms with Gasteiger partial charge in [0.25, 0.3) is 5.91 Å². The summed E-state index contributed by atoms with van der Waals surface area (Å²) in [5.41, 5.74) is 3.78. The molecule has 0 aliphatic carbocycles. The highest BCUT2D eigenvalue weighted by atomic mass is 35.5. The van der Waals surface area contributed by atoms with E-state index in [-0.39, 0.29) is 16.9 Å². The largest absolute Gasteiger partial charge is 0.334 e. The second-order valence-corrected chi connectivity index (χ2v) is 6.27. The van der Waals surface area contributed by atoms with Crippen molar-refractivity contribution in [2.24, 2.45) is 0 Å². The number of carbonyl (C=O) groups excluding carboxylic acids is 1. The smallest absolute Gasteiger partial charge is 0.254 e. The highest BCUT2D eigenvalue weighted by Gasteiger charge is 2.26. The van der Waals surface area contributed by atoms with Crippen LogP contribution < -0.4 is 0 Å². The van der Waals surface area contributed by atoms with Crippen LogP contribution in [0.15, 0.2) is 42.6 Å². The summed E-state index contributed by atoms with van der Waals surface area (Å²) in [4.78, 5) is 18.4. The van der Waals surface area contributed by atoms with Crippen LogP contribution in [0.5, 0.6) is 0 Å². The van der Waals surface area contributed by atoms with Crippen molar-refractivity contribution >= 4 is 17.5 Å². The molecule has 0 saturated heterocycles. The number of fused-ring (bicyclic) bond motifs is 1. The summed E-state index contributed by atoms with van der Waals surface area (Å²) in [7, 11) is 0. The van der Waals surface area contributed by atoms with Crippen LogP contribution in [0, 0.1) is 5.82 Å². The summed E-state index contributed by atoms with van der Waals surface area (Å²) in [5.74, 6) is -0.425. The normalized spacial score (nSPS) is 13.6. The zero-order valence-corrected chi connectivity index (χ0v) is 13.9. The summed E-state index contributed by atoms with van der Waals surface area (Å²) in [6, 6.07) is 9.50. The zero-order valence-electron chi connectivity index (χ0n) is 13.2. The third kappa shape index (κ3) is 3.00. The number of pyridine rings is 1. The number of aromatic amines is 1. The van der Waals surface area contributed by atoms with Gasteiger partial charge in [0.2, 0.25) is 0 Å². The lowest BCUT2D eigenvalue weighted by Gasteiger charge is -2.27. The van der Waals surface area contributed by atoms with E-state index < -0.39 is 0 Å². The Kier molecular flexibility index (Phi) is 3.97. The number of hydrogen-bond acceptors (Lipinski definition) is 3. The van der Waals surface area contributed by atoms with Gasteiger partial charge >= 0.3 is 0 Å². The predicted molar refractivity (Wildman–Crippen MR) is 91.7 cm³/mol. The van der Waals surface area contributed by atoms with Gasteiger partial charge in [-0.25, -0.2) is 9.37 Å². The molecule has 0 atom stereocenters. The molecule has 3 heterocycles. The van der Waals surface area contributed by atoms with Gasteiger partial charge in [-0.15, -0.1) is 0 Å². The number of aromatic nitrogens is 3. The molecule has 0 bridgehead atoms. The van der Waals surface area contributed by atoms with Crippen LogP contribution in [0.4, 0.5) is 4.39 Å². The second kappa shape index (κ2) is 6.29. The fourth-order valence-electron chi connectivity index (χ4n) is 3.06. The van der Waals surface area contributed by atoms with Gasteiger partial charge in [0.05, 0.1) is 5.69 Å². The van der Waals surface area contributed by atoms with E-state index in [2.05, 4.69) is 15.2 Å². The number of halogens is 2. The average Bonchev–Trinajstić information content (AvgIpc) is 3.04. The van der Waals surface area contributed by atoms with Gasteiger partial charge in [-0.3, -0.25) is 9.89 Å². The Hall–Kier alpha value is -2.73. The molecule has 25 heavy (non-hydrogen) atoms. The first kappa shape index (κ1) is 15.8. The van der Waals surface area contributed by atoms with Gasteiger partial charge in [0.1, 0.15) is 11.0 Å². The van der Waals surface area contributed by atoms with E-state index in [1.807, 2.05) is 6.07 Å². The standard InChI is InChI=1S/C18H14ClFN4O/c19-16-9-12(4-6-21-16)18(25)24-7-5-15-14(10-24)17(23-22-15)11-2-1-3-13(20)8-11/h1-4,6,8-9H,5,7,10H2,(H,22,23). The Labute approximate surface area is 148 Å². The fourth-order valence-corrected chi connectivity index (χ4v) is 3.23. The number of amides is 1. The number of nitrogens with zero attached hydrogens (tertiary/aromatic N) is 3. The summed E-state index contributed by atoms with van der Waals surface area (Å²) in [6.45, 7) is 0.993. The first-order valence-electron chi connectivity index (χ1n) is 7.85. The molecule has 0 fully saturated rings. The number of hydrogen-bond donors (Lipinski definition) is 1. The molecule has 4 rings (SSSR count). The Morgan fingerprint density at radius 3 is 2.96 bits per heavy atom. The summed E-state index contributed by atoms with van der Waals surface area (Å²) < 4.78 is 13.5. The molecule has 1 amide bonds.